The third-order valence-corrected chi connectivity index (χ3v) is 3.95. The quantitative estimate of drug-likeness (QED) is 0.656. The summed E-state index contributed by atoms with van der Waals surface area (Å²) < 4.78 is 0. The molecule has 5 nitrogen and oxygen atoms in total. The van der Waals surface area contributed by atoms with E-state index in [0.717, 1.165) is 38.8 Å². The number of aliphatic carboxylic acids is 1. The molecule has 0 aromatic rings. The van der Waals surface area contributed by atoms with Crippen molar-refractivity contribution in [3.8, 4) is 0 Å². The fraction of sp³-hybridized carbons (Fsp3) is 0.833. The van der Waals surface area contributed by atoms with Crippen LogP contribution in [-0.4, -0.2) is 36.6 Å². The third kappa shape index (κ3) is 2.97. The van der Waals surface area contributed by atoms with Crippen LogP contribution in [0.4, 0.5) is 0 Å². The van der Waals surface area contributed by atoms with Gasteiger partial charge in [-0.15, -0.1) is 0 Å². The van der Waals surface area contributed by atoms with Gasteiger partial charge in [-0.25, -0.2) is 0 Å². The lowest BCUT2D eigenvalue weighted by Crippen LogP contribution is -2.37. The van der Waals surface area contributed by atoms with E-state index < -0.39 is 5.97 Å². The number of carbonyl (C=O) groups is 2. The molecule has 0 bridgehead atoms. The molecule has 2 fully saturated rings. The van der Waals surface area contributed by atoms with Crippen LogP contribution in [0.1, 0.15) is 25.7 Å². The lowest BCUT2D eigenvalue weighted by Gasteiger charge is -2.17. The first kappa shape index (κ1) is 12.4. The maximum atomic E-state index is 11.8. The first-order valence-corrected chi connectivity index (χ1v) is 6.39. The first-order valence-electron chi connectivity index (χ1n) is 6.39. The van der Waals surface area contributed by atoms with Crippen molar-refractivity contribution in [1.82, 2.24) is 10.6 Å². The van der Waals surface area contributed by atoms with Crippen LogP contribution in [0.3, 0.4) is 0 Å². The monoisotopic (exact) mass is 240 g/mol. The number of hydrogen-bond donors (Lipinski definition) is 3. The second kappa shape index (κ2) is 5.49. The van der Waals surface area contributed by atoms with Gasteiger partial charge < -0.3 is 15.7 Å². The van der Waals surface area contributed by atoms with E-state index in [0.29, 0.717) is 6.54 Å². The highest BCUT2D eigenvalue weighted by Gasteiger charge is 2.33. The normalized spacial score (nSPS) is 32.6. The number of carboxylic acid groups (broad SMARTS) is 1. The van der Waals surface area contributed by atoms with Crippen LogP contribution in [0, 0.1) is 17.8 Å². The zero-order valence-electron chi connectivity index (χ0n) is 9.95. The van der Waals surface area contributed by atoms with Crippen molar-refractivity contribution in [3.05, 3.63) is 0 Å². The van der Waals surface area contributed by atoms with Crippen molar-refractivity contribution >= 4 is 11.9 Å². The fourth-order valence-electron chi connectivity index (χ4n) is 2.86. The molecule has 3 unspecified atom stereocenters. The number of carboxylic acids is 1. The Bertz CT molecular complexity index is 300. The molecule has 0 radical (unpaired) electrons. The summed E-state index contributed by atoms with van der Waals surface area (Å²) in [6.07, 6.45) is 3.52. The summed E-state index contributed by atoms with van der Waals surface area (Å²) in [7, 11) is 0. The van der Waals surface area contributed by atoms with Gasteiger partial charge in [0.25, 0.3) is 0 Å². The number of carbonyl (C=O) groups excluding carboxylic acids is 1. The van der Waals surface area contributed by atoms with Crippen LogP contribution < -0.4 is 10.6 Å². The Kier molecular flexibility index (Phi) is 3.99. The van der Waals surface area contributed by atoms with Gasteiger partial charge >= 0.3 is 5.97 Å². The largest absolute Gasteiger partial charge is 0.481 e. The van der Waals surface area contributed by atoms with Crippen molar-refractivity contribution in [3.63, 3.8) is 0 Å². The number of hydrogen-bond acceptors (Lipinski definition) is 3. The minimum atomic E-state index is -0.718. The van der Waals surface area contributed by atoms with Gasteiger partial charge in [-0.2, -0.15) is 0 Å². The molecule has 2 aliphatic rings. The van der Waals surface area contributed by atoms with E-state index in [9.17, 15) is 9.59 Å². The molecule has 96 valence electrons. The highest BCUT2D eigenvalue weighted by molar-refractivity contribution is 5.79. The minimum Gasteiger partial charge on any atom is -0.481 e. The van der Waals surface area contributed by atoms with Crippen LogP contribution in [-0.2, 0) is 9.59 Å². The van der Waals surface area contributed by atoms with E-state index in [2.05, 4.69) is 10.6 Å². The Hall–Kier alpha value is -1.10. The van der Waals surface area contributed by atoms with Crippen molar-refractivity contribution in [2.24, 2.45) is 17.8 Å². The van der Waals surface area contributed by atoms with Crippen molar-refractivity contribution in [1.29, 1.82) is 0 Å². The van der Waals surface area contributed by atoms with E-state index in [4.69, 9.17) is 5.11 Å². The summed E-state index contributed by atoms with van der Waals surface area (Å²) >= 11 is 0. The zero-order chi connectivity index (χ0) is 12.3. The molecule has 1 saturated heterocycles. The molecule has 1 saturated carbocycles. The molecule has 0 spiro atoms. The molecule has 1 aliphatic heterocycles. The second-order valence-electron chi connectivity index (χ2n) is 5.07. The summed E-state index contributed by atoms with van der Waals surface area (Å²) in [5, 5.41) is 15.1. The third-order valence-electron chi connectivity index (χ3n) is 3.95. The van der Waals surface area contributed by atoms with E-state index in [1.54, 1.807) is 0 Å². The van der Waals surface area contributed by atoms with Crippen LogP contribution in [0.25, 0.3) is 0 Å². The molecule has 0 aromatic heterocycles. The summed E-state index contributed by atoms with van der Waals surface area (Å²) in [6, 6.07) is 0. The minimum absolute atomic E-state index is 0.0691. The predicted molar refractivity (Wildman–Crippen MR) is 62.5 cm³/mol. The molecule has 0 aromatic carbocycles. The summed E-state index contributed by atoms with van der Waals surface area (Å²) in [5.41, 5.74) is 0. The van der Waals surface area contributed by atoms with Gasteiger partial charge in [0.2, 0.25) is 5.91 Å². The Morgan fingerprint density at radius 2 is 2.12 bits per heavy atom. The average Bonchev–Trinajstić information content (AvgIpc) is 2.96. The van der Waals surface area contributed by atoms with E-state index in [1.807, 2.05) is 0 Å². The average molecular weight is 240 g/mol. The van der Waals surface area contributed by atoms with E-state index in [1.165, 1.54) is 0 Å². The molecule has 1 amide bonds. The second-order valence-corrected chi connectivity index (χ2v) is 5.07. The predicted octanol–water partition coefficient (Wildman–Crippen LogP) is 0.213. The lowest BCUT2D eigenvalue weighted by molar-refractivity contribution is -0.143. The molecule has 5 heteroatoms. The van der Waals surface area contributed by atoms with Crippen molar-refractivity contribution in [2.45, 2.75) is 25.7 Å². The Balaban J connectivity index is 1.77. The molecular formula is C12H20N2O3. The van der Waals surface area contributed by atoms with Gasteiger partial charge in [0.15, 0.2) is 0 Å². The first-order chi connectivity index (χ1) is 8.18. The smallest absolute Gasteiger partial charge is 0.306 e. The SMILES string of the molecule is O=C(NCC1CCCC1C(=O)O)C1CCNC1. The van der Waals surface area contributed by atoms with Crippen LogP contribution in [0.5, 0.6) is 0 Å². The Morgan fingerprint density at radius 1 is 1.29 bits per heavy atom. The van der Waals surface area contributed by atoms with Gasteiger partial charge in [-0.1, -0.05) is 6.42 Å². The van der Waals surface area contributed by atoms with Gasteiger partial charge in [0, 0.05) is 13.1 Å². The van der Waals surface area contributed by atoms with Crippen LogP contribution in [0.2, 0.25) is 0 Å². The Labute approximate surface area is 101 Å². The van der Waals surface area contributed by atoms with Crippen molar-refractivity contribution < 1.29 is 14.7 Å². The highest BCUT2D eigenvalue weighted by Crippen LogP contribution is 2.31. The zero-order valence-corrected chi connectivity index (χ0v) is 9.95. The molecule has 17 heavy (non-hydrogen) atoms. The number of amides is 1. The number of nitrogens with one attached hydrogen (secondary N) is 2. The van der Waals surface area contributed by atoms with Crippen LogP contribution in [0.15, 0.2) is 0 Å². The summed E-state index contributed by atoms with van der Waals surface area (Å²) in [5.74, 6) is -0.724. The van der Waals surface area contributed by atoms with Gasteiger partial charge in [0.05, 0.1) is 11.8 Å². The molecule has 1 heterocycles. The van der Waals surface area contributed by atoms with E-state index >= 15 is 0 Å². The summed E-state index contributed by atoms with van der Waals surface area (Å²) in [6.45, 7) is 2.17. The van der Waals surface area contributed by atoms with Gasteiger partial charge in [-0.3, -0.25) is 9.59 Å². The van der Waals surface area contributed by atoms with Crippen molar-refractivity contribution in [2.75, 3.05) is 19.6 Å². The maximum absolute atomic E-state index is 11.8. The summed E-state index contributed by atoms with van der Waals surface area (Å²) in [4.78, 5) is 22.8. The maximum Gasteiger partial charge on any atom is 0.306 e. The van der Waals surface area contributed by atoms with E-state index in [-0.39, 0.29) is 23.7 Å². The Morgan fingerprint density at radius 3 is 2.76 bits per heavy atom. The molecular weight excluding hydrogens is 220 g/mol. The standard InChI is InChI=1S/C12H20N2O3/c15-11(9-4-5-13-6-9)14-7-8-2-1-3-10(8)12(16)17/h8-10,13H,1-7H2,(H,14,15)(H,16,17). The van der Waals surface area contributed by atoms with Gasteiger partial charge in [0.1, 0.15) is 0 Å². The van der Waals surface area contributed by atoms with Gasteiger partial charge in [-0.05, 0) is 31.7 Å². The molecule has 2 rings (SSSR count). The molecule has 1 aliphatic carbocycles. The fourth-order valence-corrected chi connectivity index (χ4v) is 2.86. The molecule has 3 atom stereocenters. The molecule has 3 N–H and O–H groups in total. The number of rotatable bonds is 4. The topological polar surface area (TPSA) is 78.4 Å². The lowest BCUT2D eigenvalue weighted by atomic mass is 9.96. The highest BCUT2D eigenvalue weighted by atomic mass is 16.4. The van der Waals surface area contributed by atoms with Crippen LogP contribution >= 0.6 is 0 Å².